The fraction of sp³-hybridized carbons (Fsp3) is 0.192. The fourth-order valence-electron chi connectivity index (χ4n) is 3.30. The first kappa shape index (κ1) is 22.5. The Morgan fingerprint density at radius 2 is 1.79 bits per heavy atom. The van der Waals surface area contributed by atoms with Gasteiger partial charge in [-0.3, -0.25) is 9.59 Å². The molecule has 7 heteroatoms. The maximum atomic E-state index is 12.7. The van der Waals surface area contributed by atoms with E-state index in [1.165, 1.54) is 0 Å². The Morgan fingerprint density at radius 3 is 2.58 bits per heavy atom. The quantitative estimate of drug-likeness (QED) is 0.410. The number of carbonyl (C=O) groups excluding carboxylic acids is 2. The van der Waals surface area contributed by atoms with E-state index in [0.717, 1.165) is 20.8 Å². The molecule has 0 aliphatic carbocycles. The number of ether oxygens (including phenoxy) is 1. The van der Waals surface area contributed by atoms with Gasteiger partial charge in [-0.1, -0.05) is 48.5 Å². The van der Waals surface area contributed by atoms with Crippen molar-refractivity contribution in [1.29, 1.82) is 0 Å². The maximum Gasteiger partial charge on any atom is 0.260 e. The highest BCUT2D eigenvalue weighted by molar-refractivity contribution is 7.18. The third-order valence-electron chi connectivity index (χ3n) is 5.40. The van der Waals surface area contributed by atoms with Crippen molar-refractivity contribution in [3.63, 3.8) is 0 Å². The Labute approximate surface area is 196 Å². The number of benzene rings is 3. The van der Waals surface area contributed by atoms with Crippen LogP contribution >= 0.6 is 11.3 Å². The first-order valence-electron chi connectivity index (χ1n) is 10.7. The Morgan fingerprint density at radius 1 is 1.03 bits per heavy atom. The lowest BCUT2D eigenvalue weighted by molar-refractivity contribution is -0.134. The van der Waals surface area contributed by atoms with Crippen LogP contribution in [-0.4, -0.2) is 35.4 Å². The summed E-state index contributed by atoms with van der Waals surface area (Å²) >= 11 is 1.58. The average Bonchev–Trinajstić information content (AvgIpc) is 3.30. The molecule has 4 rings (SSSR count). The number of carbonyl (C=O) groups is 2. The third kappa shape index (κ3) is 5.56. The van der Waals surface area contributed by atoms with Gasteiger partial charge < -0.3 is 15.0 Å². The van der Waals surface area contributed by atoms with E-state index < -0.39 is 0 Å². The molecule has 0 aliphatic rings. The van der Waals surface area contributed by atoms with Gasteiger partial charge in [-0.15, -0.1) is 11.3 Å². The molecule has 1 N–H and O–H groups in total. The topological polar surface area (TPSA) is 71.5 Å². The van der Waals surface area contributed by atoms with Crippen LogP contribution in [0.3, 0.4) is 0 Å². The van der Waals surface area contributed by atoms with Crippen LogP contribution in [0.15, 0.2) is 78.9 Å². The van der Waals surface area contributed by atoms with Crippen molar-refractivity contribution in [2.45, 2.75) is 19.5 Å². The van der Waals surface area contributed by atoms with E-state index in [-0.39, 0.29) is 24.5 Å². The van der Waals surface area contributed by atoms with E-state index in [2.05, 4.69) is 10.3 Å². The van der Waals surface area contributed by atoms with Crippen LogP contribution in [0.2, 0.25) is 0 Å². The number of nitrogens with one attached hydrogen (secondary N) is 1. The highest BCUT2D eigenvalue weighted by atomic mass is 32.1. The van der Waals surface area contributed by atoms with Crippen molar-refractivity contribution in [2.75, 3.05) is 13.7 Å². The smallest absolute Gasteiger partial charge is 0.260 e. The highest BCUT2D eigenvalue weighted by Gasteiger charge is 2.21. The molecule has 168 valence electrons. The molecule has 0 unspecified atom stereocenters. The van der Waals surface area contributed by atoms with Crippen LogP contribution in [0.1, 0.15) is 33.9 Å². The molecular formula is C26H25N3O3S. The van der Waals surface area contributed by atoms with E-state index >= 15 is 0 Å². The van der Waals surface area contributed by atoms with Crippen LogP contribution in [0.5, 0.6) is 5.75 Å². The standard InChI is InChI=1S/C26H25N3O3S/c1-18(26-28-22-13-6-7-14-23(22)33-26)29(2)24(30)17-32-21-12-8-11-20(15-21)25(31)27-16-19-9-4-3-5-10-19/h3-15,18H,16-17H2,1-2H3,(H,27,31)/t18-/m1/s1. The summed E-state index contributed by atoms with van der Waals surface area (Å²) < 4.78 is 6.80. The molecule has 0 aliphatic heterocycles. The Bertz CT molecular complexity index is 1220. The predicted molar refractivity (Wildman–Crippen MR) is 130 cm³/mol. The zero-order chi connectivity index (χ0) is 23.2. The summed E-state index contributed by atoms with van der Waals surface area (Å²) in [6, 6.07) is 24.3. The summed E-state index contributed by atoms with van der Waals surface area (Å²) in [5, 5.41) is 3.77. The molecule has 1 heterocycles. The summed E-state index contributed by atoms with van der Waals surface area (Å²) in [6.07, 6.45) is 0. The SMILES string of the molecule is C[C@H](c1nc2ccccc2s1)N(C)C(=O)COc1cccc(C(=O)NCc2ccccc2)c1. The number of aromatic nitrogens is 1. The first-order chi connectivity index (χ1) is 16.0. The second-order valence-corrected chi connectivity index (χ2v) is 8.75. The predicted octanol–water partition coefficient (Wildman–Crippen LogP) is 4.82. The van der Waals surface area contributed by atoms with E-state index in [9.17, 15) is 9.59 Å². The number of thiazole rings is 1. The second kappa shape index (κ2) is 10.3. The molecule has 2 amide bonds. The second-order valence-electron chi connectivity index (χ2n) is 7.69. The average molecular weight is 460 g/mol. The molecule has 33 heavy (non-hydrogen) atoms. The molecule has 4 aromatic rings. The van der Waals surface area contributed by atoms with Gasteiger partial charge in [-0.2, -0.15) is 0 Å². The number of fused-ring (bicyclic) bond motifs is 1. The highest BCUT2D eigenvalue weighted by Crippen LogP contribution is 2.28. The number of hydrogen-bond donors (Lipinski definition) is 1. The number of hydrogen-bond acceptors (Lipinski definition) is 5. The zero-order valence-electron chi connectivity index (χ0n) is 18.5. The minimum atomic E-state index is -0.197. The normalized spacial score (nSPS) is 11.7. The van der Waals surface area contributed by atoms with Crippen LogP contribution in [0, 0.1) is 0 Å². The number of likely N-dealkylation sites (N-methyl/N-ethyl adjacent to an activating group) is 1. The Balaban J connectivity index is 1.33. The van der Waals surface area contributed by atoms with Gasteiger partial charge in [-0.05, 0) is 42.8 Å². The lowest BCUT2D eigenvalue weighted by atomic mass is 10.2. The first-order valence-corrected chi connectivity index (χ1v) is 11.5. The lowest BCUT2D eigenvalue weighted by Gasteiger charge is -2.23. The van der Waals surface area contributed by atoms with Crippen LogP contribution in [0.25, 0.3) is 10.2 Å². The van der Waals surface area contributed by atoms with Crippen molar-refractivity contribution in [1.82, 2.24) is 15.2 Å². The molecule has 1 atom stereocenters. The number of nitrogens with zero attached hydrogens (tertiary/aromatic N) is 2. The van der Waals surface area contributed by atoms with E-state index in [1.54, 1.807) is 47.5 Å². The lowest BCUT2D eigenvalue weighted by Crippen LogP contribution is -2.33. The minimum Gasteiger partial charge on any atom is -0.484 e. The molecule has 0 bridgehead atoms. The van der Waals surface area contributed by atoms with Crippen LogP contribution in [0.4, 0.5) is 0 Å². The van der Waals surface area contributed by atoms with Gasteiger partial charge in [0.15, 0.2) is 6.61 Å². The maximum absolute atomic E-state index is 12.7. The van der Waals surface area contributed by atoms with Crippen molar-refractivity contribution in [2.24, 2.45) is 0 Å². The van der Waals surface area contributed by atoms with E-state index in [0.29, 0.717) is 17.9 Å². The fourth-order valence-corrected chi connectivity index (χ4v) is 4.37. The number of amides is 2. The largest absolute Gasteiger partial charge is 0.484 e. The molecule has 3 aromatic carbocycles. The zero-order valence-corrected chi connectivity index (χ0v) is 19.3. The van der Waals surface area contributed by atoms with Crippen molar-refractivity contribution in [3.05, 3.63) is 95.0 Å². The molecular weight excluding hydrogens is 434 g/mol. The van der Waals surface area contributed by atoms with Crippen LogP contribution in [-0.2, 0) is 11.3 Å². The number of para-hydroxylation sites is 1. The van der Waals surface area contributed by atoms with Gasteiger partial charge in [0.05, 0.1) is 16.3 Å². The monoisotopic (exact) mass is 459 g/mol. The van der Waals surface area contributed by atoms with Gasteiger partial charge in [0.1, 0.15) is 10.8 Å². The summed E-state index contributed by atoms with van der Waals surface area (Å²) in [6.45, 7) is 2.27. The molecule has 0 spiro atoms. The van der Waals surface area contributed by atoms with Crippen molar-refractivity contribution in [3.8, 4) is 5.75 Å². The molecule has 0 saturated heterocycles. The summed E-state index contributed by atoms with van der Waals surface area (Å²) in [5.41, 5.74) is 2.44. The van der Waals surface area contributed by atoms with Gasteiger partial charge >= 0.3 is 0 Å². The Hall–Kier alpha value is -3.71. The molecule has 0 saturated carbocycles. The molecule has 0 radical (unpaired) electrons. The molecule has 6 nitrogen and oxygen atoms in total. The molecule has 0 fully saturated rings. The van der Waals surface area contributed by atoms with E-state index in [4.69, 9.17) is 4.74 Å². The van der Waals surface area contributed by atoms with Gasteiger partial charge in [0, 0.05) is 19.2 Å². The van der Waals surface area contributed by atoms with Crippen molar-refractivity contribution < 1.29 is 14.3 Å². The summed E-state index contributed by atoms with van der Waals surface area (Å²) in [7, 11) is 1.75. The van der Waals surface area contributed by atoms with Crippen molar-refractivity contribution >= 4 is 33.4 Å². The van der Waals surface area contributed by atoms with Gasteiger partial charge in [0.2, 0.25) is 0 Å². The van der Waals surface area contributed by atoms with E-state index in [1.807, 2.05) is 61.5 Å². The van der Waals surface area contributed by atoms with Crippen LogP contribution < -0.4 is 10.1 Å². The van der Waals surface area contributed by atoms with Gasteiger partial charge in [0.25, 0.3) is 11.8 Å². The minimum absolute atomic E-state index is 0.124. The Kier molecular flexibility index (Phi) is 7.00. The summed E-state index contributed by atoms with van der Waals surface area (Å²) in [5.74, 6) is 0.106. The number of rotatable bonds is 8. The van der Waals surface area contributed by atoms with Gasteiger partial charge in [-0.25, -0.2) is 4.98 Å². The third-order valence-corrected chi connectivity index (χ3v) is 6.60. The molecule has 1 aromatic heterocycles. The summed E-state index contributed by atoms with van der Waals surface area (Å²) in [4.78, 5) is 31.5.